The number of anilines is 2. The Morgan fingerprint density at radius 3 is 2.31 bits per heavy atom. The van der Waals surface area contributed by atoms with Gasteiger partial charge in [-0.2, -0.15) is 13.2 Å². The summed E-state index contributed by atoms with van der Waals surface area (Å²) >= 11 is 5.87. The smallest absolute Gasteiger partial charge is 0.421 e. The number of ether oxygens (including phenoxy) is 1. The zero-order valence-electron chi connectivity index (χ0n) is 22.5. The summed E-state index contributed by atoms with van der Waals surface area (Å²) in [6.07, 6.45) is -4.02. The molecule has 1 fully saturated rings. The Morgan fingerprint density at radius 2 is 1.76 bits per heavy atom. The van der Waals surface area contributed by atoms with Crippen molar-refractivity contribution in [3.63, 3.8) is 0 Å². The third-order valence-electron chi connectivity index (χ3n) is 6.55. The summed E-state index contributed by atoms with van der Waals surface area (Å²) in [6.45, 7) is 1.83. The molecular weight excluding hydrogens is 587 g/mol. The van der Waals surface area contributed by atoms with Crippen LogP contribution in [0.4, 0.5) is 33.5 Å². The molecule has 2 heterocycles. The average Bonchev–Trinajstić information content (AvgIpc) is 3.21. The Kier molecular flexibility index (Phi) is 8.65. The van der Waals surface area contributed by atoms with Crippen molar-refractivity contribution in [3.05, 3.63) is 82.0 Å². The highest BCUT2D eigenvalue weighted by Crippen LogP contribution is 2.44. The van der Waals surface area contributed by atoms with Crippen LogP contribution in [0, 0.1) is 11.6 Å². The lowest BCUT2D eigenvalue weighted by atomic mass is 9.92. The van der Waals surface area contributed by atoms with Crippen LogP contribution in [0.5, 0.6) is 5.75 Å². The first-order valence-corrected chi connectivity index (χ1v) is 12.9. The van der Waals surface area contributed by atoms with Crippen molar-refractivity contribution in [2.24, 2.45) is 0 Å². The van der Waals surface area contributed by atoms with Crippen molar-refractivity contribution in [1.82, 2.24) is 10.3 Å². The molecule has 3 N–H and O–H groups in total. The fourth-order valence-electron chi connectivity index (χ4n) is 4.60. The van der Waals surface area contributed by atoms with E-state index in [1.54, 1.807) is 0 Å². The number of benzene rings is 2. The summed E-state index contributed by atoms with van der Waals surface area (Å²) < 4.78 is 78.5. The molecule has 2 aromatic carbocycles. The van der Waals surface area contributed by atoms with Gasteiger partial charge in [-0.25, -0.2) is 13.8 Å². The number of carbonyl (C=O) groups excluding carboxylic acids is 2. The third-order valence-corrected chi connectivity index (χ3v) is 6.80. The quantitative estimate of drug-likeness (QED) is 0.304. The first-order valence-electron chi connectivity index (χ1n) is 12.5. The maximum Gasteiger partial charge on any atom is 0.421 e. The summed E-state index contributed by atoms with van der Waals surface area (Å²) in [5.41, 5.74) is -3.78. The monoisotopic (exact) mass is 612 g/mol. The van der Waals surface area contributed by atoms with Crippen molar-refractivity contribution in [2.75, 3.05) is 30.4 Å². The number of halogens is 6. The number of rotatable bonds is 8. The summed E-state index contributed by atoms with van der Waals surface area (Å²) in [5.74, 6) is -6.61. The number of aliphatic hydroxyl groups is 1. The van der Waals surface area contributed by atoms with E-state index in [0.29, 0.717) is 9.92 Å². The molecule has 2 atom stereocenters. The first kappa shape index (κ1) is 31.0. The molecule has 0 unspecified atom stereocenters. The Bertz CT molecular complexity index is 1470. The van der Waals surface area contributed by atoms with E-state index in [0.717, 1.165) is 24.4 Å². The van der Waals surface area contributed by atoms with E-state index in [1.807, 2.05) is 0 Å². The lowest BCUT2D eigenvalue weighted by molar-refractivity contribution is -0.136. The molecule has 14 heteroatoms. The van der Waals surface area contributed by atoms with Gasteiger partial charge in [0.05, 0.1) is 18.4 Å². The average molecular weight is 613 g/mol. The van der Waals surface area contributed by atoms with E-state index in [4.69, 9.17) is 16.3 Å². The van der Waals surface area contributed by atoms with Gasteiger partial charge in [0, 0.05) is 53.5 Å². The number of pyridine rings is 1. The van der Waals surface area contributed by atoms with Gasteiger partial charge in [-0.1, -0.05) is 11.6 Å². The van der Waals surface area contributed by atoms with Crippen LogP contribution in [0.15, 0.2) is 48.7 Å². The molecule has 0 saturated carbocycles. The van der Waals surface area contributed by atoms with Gasteiger partial charge < -0.3 is 20.5 Å². The van der Waals surface area contributed by atoms with Crippen molar-refractivity contribution < 1.29 is 41.4 Å². The second-order valence-electron chi connectivity index (χ2n) is 10.2. The van der Waals surface area contributed by atoms with E-state index < -0.39 is 76.4 Å². The number of methoxy groups -OCH3 is 1. The predicted molar refractivity (Wildman–Crippen MR) is 145 cm³/mol. The molecule has 0 radical (unpaired) electrons. The molecule has 0 aliphatic carbocycles. The summed E-state index contributed by atoms with van der Waals surface area (Å²) in [6, 6.07) is 6.59. The molecule has 1 aromatic heterocycles. The minimum atomic E-state index is -5.04. The van der Waals surface area contributed by atoms with Crippen LogP contribution < -0.4 is 20.3 Å². The first-order chi connectivity index (χ1) is 19.6. The Balaban J connectivity index is 1.82. The number of hydrogen-bond donors (Lipinski definition) is 3. The number of nitrogens with one attached hydrogen (secondary N) is 2. The molecule has 4 rings (SSSR count). The highest BCUT2D eigenvalue weighted by atomic mass is 35.5. The van der Waals surface area contributed by atoms with Crippen molar-refractivity contribution >= 4 is 34.9 Å². The fraction of sp³-hybridized carbons (Fsp3) is 0.321. The van der Waals surface area contributed by atoms with Crippen LogP contribution >= 0.6 is 11.6 Å². The zero-order chi connectivity index (χ0) is 31.0. The zero-order valence-corrected chi connectivity index (χ0v) is 23.3. The minimum Gasteiger partial charge on any atom is -0.497 e. The van der Waals surface area contributed by atoms with Gasteiger partial charge in [-0.15, -0.1) is 0 Å². The topological polar surface area (TPSA) is 104 Å². The van der Waals surface area contributed by atoms with Crippen LogP contribution in [0.1, 0.15) is 41.3 Å². The number of nitrogens with zero attached hydrogens (tertiary/aromatic N) is 2. The highest BCUT2D eigenvalue weighted by Gasteiger charge is 2.49. The summed E-state index contributed by atoms with van der Waals surface area (Å²) in [7, 11) is 1.19. The van der Waals surface area contributed by atoms with Crippen molar-refractivity contribution in [3.8, 4) is 5.75 Å². The highest BCUT2D eigenvalue weighted by molar-refractivity contribution is 6.30. The van der Waals surface area contributed by atoms with E-state index in [-0.39, 0.29) is 17.9 Å². The molecular formula is C28H26ClF5N4O4. The molecule has 42 heavy (non-hydrogen) atoms. The van der Waals surface area contributed by atoms with Crippen LogP contribution in [-0.4, -0.2) is 53.7 Å². The summed E-state index contributed by atoms with van der Waals surface area (Å²) in [4.78, 5) is 31.2. The van der Waals surface area contributed by atoms with Crippen LogP contribution in [0.3, 0.4) is 0 Å². The van der Waals surface area contributed by atoms with Crippen LogP contribution in [0.25, 0.3) is 0 Å². The maximum atomic E-state index is 15.2. The minimum absolute atomic E-state index is 0.0481. The lowest BCUT2D eigenvalue weighted by Crippen LogP contribution is -2.44. The lowest BCUT2D eigenvalue weighted by Gasteiger charge is -2.25. The number of amides is 2. The van der Waals surface area contributed by atoms with E-state index in [2.05, 4.69) is 15.6 Å². The predicted octanol–water partition coefficient (Wildman–Crippen LogP) is 5.15. The molecule has 0 bridgehead atoms. The third kappa shape index (κ3) is 6.57. The van der Waals surface area contributed by atoms with Crippen LogP contribution in [-0.2, 0) is 11.0 Å². The van der Waals surface area contributed by atoms with Crippen molar-refractivity contribution in [2.45, 2.75) is 37.6 Å². The molecule has 0 spiro atoms. The van der Waals surface area contributed by atoms with E-state index >= 15 is 8.78 Å². The van der Waals surface area contributed by atoms with Gasteiger partial charge in [-0.05, 0) is 44.2 Å². The molecule has 8 nitrogen and oxygen atoms in total. The maximum absolute atomic E-state index is 15.2. The van der Waals surface area contributed by atoms with E-state index in [9.17, 15) is 27.9 Å². The van der Waals surface area contributed by atoms with Gasteiger partial charge in [-0.3, -0.25) is 14.5 Å². The molecule has 224 valence electrons. The van der Waals surface area contributed by atoms with Gasteiger partial charge in [0.25, 0.3) is 11.8 Å². The Morgan fingerprint density at radius 1 is 1.14 bits per heavy atom. The molecule has 1 aliphatic rings. The molecule has 1 saturated heterocycles. The molecule has 3 aromatic rings. The normalized spacial score (nSPS) is 17.4. The largest absolute Gasteiger partial charge is 0.497 e. The molecule has 2 amide bonds. The van der Waals surface area contributed by atoms with Crippen LogP contribution in [0.2, 0.25) is 5.02 Å². The van der Waals surface area contributed by atoms with E-state index in [1.165, 1.54) is 45.2 Å². The Hall–Kier alpha value is -3.97. The fourth-order valence-corrected chi connectivity index (χ4v) is 4.72. The van der Waals surface area contributed by atoms with Gasteiger partial charge in [0.2, 0.25) is 0 Å². The number of hydrogen-bond acceptors (Lipinski definition) is 6. The number of aromatic nitrogens is 1. The summed E-state index contributed by atoms with van der Waals surface area (Å²) in [5, 5.41) is 15.3. The standard InChI is InChI=1S/C28H26ClF5N4O4/c1-27(2,41)13-36-20-8-9-35-24(22(20)28(32,33)34)38-12-17(21-18(30)10-16(42-3)11-19(21)31)23(26(38)40)37-25(39)14-4-6-15(29)7-5-14/h4-11,17,23,41H,12-13H2,1-3H3,(H,35,36)(H,37,39)/t17-,23-/m0/s1. The SMILES string of the molecule is COc1cc(F)c([C@@H]2CN(c3nccc(NCC(C)(C)O)c3C(F)(F)F)C(=O)[C@H]2NC(=O)c2ccc(Cl)cc2)c(F)c1. The second kappa shape index (κ2) is 11.7. The number of carbonyl (C=O) groups is 2. The molecule has 1 aliphatic heterocycles. The number of alkyl halides is 3. The van der Waals surface area contributed by atoms with Crippen molar-refractivity contribution in [1.29, 1.82) is 0 Å². The second-order valence-corrected chi connectivity index (χ2v) is 10.7. The van der Waals surface area contributed by atoms with Gasteiger partial charge >= 0.3 is 6.18 Å². The van der Waals surface area contributed by atoms with Gasteiger partial charge in [0.1, 0.15) is 34.8 Å². The Labute approximate surface area is 242 Å². The van der Waals surface area contributed by atoms with Gasteiger partial charge in [0.15, 0.2) is 0 Å².